The minimum absolute atomic E-state index is 0.0356. The quantitative estimate of drug-likeness (QED) is 0.157. The van der Waals surface area contributed by atoms with Gasteiger partial charge in [-0.15, -0.1) is 0 Å². The third-order valence-corrected chi connectivity index (χ3v) is 7.18. The van der Waals surface area contributed by atoms with Crippen LogP contribution in [0.15, 0.2) is 54.6 Å². The molecule has 1 aliphatic rings. The van der Waals surface area contributed by atoms with Crippen LogP contribution in [0.2, 0.25) is 0 Å². The molecule has 0 unspecified atom stereocenters. The average molecular weight is 646 g/mol. The summed E-state index contributed by atoms with van der Waals surface area (Å²) in [6.07, 6.45) is -4.25. The number of nitrogens with zero attached hydrogens (tertiary/aromatic N) is 1. The number of hydrogen-bond donors (Lipinski definition) is 6. The average Bonchev–Trinajstić information content (AvgIpc) is 3.02. The summed E-state index contributed by atoms with van der Waals surface area (Å²) in [4.78, 5) is 39.3. The van der Waals surface area contributed by atoms with Gasteiger partial charge in [-0.3, -0.25) is 9.59 Å². The molecular formula is C33H47N3O10. The number of benzene rings is 2. The molecule has 3 amide bonds. The fourth-order valence-electron chi connectivity index (χ4n) is 4.67. The Labute approximate surface area is 269 Å². The minimum atomic E-state index is -1.56. The molecule has 13 nitrogen and oxygen atoms in total. The van der Waals surface area contributed by atoms with Crippen molar-refractivity contribution in [3.63, 3.8) is 0 Å². The highest BCUT2D eigenvalue weighted by atomic mass is 16.7. The van der Waals surface area contributed by atoms with E-state index in [2.05, 4.69) is 10.6 Å². The molecule has 5 atom stereocenters. The first-order chi connectivity index (χ1) is 21.9. The van der Waals surface area contributed by atoms with Crippen molar-refractivity contribution in [3.8, 4) is 5.75 Å². The van der Waals surface area contributed by atoms with E-state index in [-0.39, 0.29) is 30.5 Å². The number of unbranched alkanes of at least 4 members (excludes halogenated alkanes) is 3. The molecule has 254 valence electrons. The Kier molecular flexibility index (Phi) is 14.2. The van der Waals surface area contributed by atoms with Crippen LogP contribution in [-0.2, 0) is 14.3 Å². The Balaban J connectivity index is 1.43. The lowest BCUT2D eigenvalue weighted by atomic mass is 9.99. The van der Waals surface area contributed by atoms with Crippen LogP contribution in [0.1, 0.15) is 63.2 Å². The molecule has 2 aromatic carbocycles. The lowest BCUT2D eigenvalue weighted by Crippen LogP contribution is -2.60. The Morgan fingerprint density at radius 2 is 1.54 bits per heavy atom. The molecule has 3 rings (SSSR count). The van der Waals surface area contributed by atoms with E-state index < -0.39 is 49.0 Å². The van der Waals surface area contributed by atoms with Gasteiger partial charge < -0.3 is 50.2 Å². The van der Waals surface area contributed by atoms with Gasteiger partial charge in [-0.2, -0.15) is 0 Å². The largest absolute Gasteiger partial charge is 0.462 e. The van der Waals surface area contributed by atoms with Crippen molar-refractivity contribution in [1.29, 1.82) is 0 Å². The van der Waals surface area contributed by atoms with Crippen LogP contribution in [0.4, 0.5) is 10.5 Å². The molecule has 0 saturated carbocycles. The third-order valence-electron chi connectivity index (χ3n) is 7.18. The predicted octanol–water partition coefficient (Wildman–Crippen LogP) is 2.42. The zero-order valence-corrected chi connectivity index (χ0v) is 26.6. The van der Waals surface area contributed by atoms with Gasteiger partial charge in [0.05, 0.1) is 6.61 Å². The van der Waals surface area contributed by atoms with Crippen LogP contribution in [0.25, 0.3) is 0 Å². The fraction of sp³-hybridized carbons (Fsp3) is 0.545. The molecule has 0 radical (unpaired) electrons. The van der Waals surface area contributed by atoms with Gasteiger partial charge in [-0.1, -0.05) is 31.0 Å². The second kappa shape index (κ2) is 17.8. The summed E-state index contributed by atoms with van der Waals surface area (Å²) >= 11 is 0. The summed E-state index contributed by atoms with van der Waals surface area (Å²) in [5.74, 6) is -0.158. The molecule has 1 aliphatic heterocycles. The molecule has 1 heterocycles. The molecule has 0 spiro atoms. The van der Waals surface area contributed by atoms with E-state index >= 15 is 0 Å². The summed E-state index contributed by atoms with van der Waals surface area (Å²) in [5.41, 5.74) is 0.403. The van der Waals surface area contributed by atoms with E-state index in [0.29, 0.717) is 30.8 Å². The maximum absolute atomic E-state index is 12.8. The molecule has 1 fully saturated rings. The lowest BCUT2D eigenvalue weighted by Gasteiger charge is -2.39. The van der Waals surface area contributed by atoms with Crippen LogP contribution >= 0.6 is 0 Å². The Hall–Kier alpha value is -3.75. The summed E-state index contributed by atoms with van der Waals surface area (Å²) in [7, 11) is 0. The number of aliphatic hydroxyl groups is 4. The number of carbonyl (C=O) groups excluding carboxylic acids is 3. The van der Waals surface area contributed by atoms with E-state index in [0.717, 1.165) is 19.3 Å². The lowest BCUT2D eigenvalue weighted by molar-refractivity contribution is -0.277. The maximum atomic E-state index is 12.8. The van der Waals surface area contributed by atoms with Crippen molar-refractivity contribution in [1.82, 2.24) is 10.2 Å². The predicted molar refractivity (Wildman–Crippen MR) is 169 cm³/mol. The van der Waals surface area contributed by atoms with Crippen LogP contribution in [-0.4, -0.2) is 106 Å². The van der Waals surface area contributed by atoms with Crippen LogP contribution in [0, 0.1) is 0 Å². The normalized spacial score (nSPS) is 21.2. The highest BCUT2D eigenvalue weighted by Crippen LogP contribution is 2.25. The first kappa shape index (κ1) is 36.7. The molecule has 0 aliphatic carbocycles. The van der Waals surface area contributed by atoms with Gasteiger partial charge in [-0.25, -0.2) is 4.79 Å². The van der Waals surface area contributed by atoms with Crippen LogP contribution in [0.5, 0.6) is 5.75 Å². The number of aliphatic hydroxyl groups excluding tert-OH is 4. The Morgan fingerprint density at radius 1 is 0.870 bits per heavy atom. The summed E-state index contributed by atoms with van der Waals surface area (Å²) in [6.45, 7) is 5.91. The van der Waals surface area contributed by atoms with Gasteiger partial charge in [-0.05, 0) is 70.0 Å². The van der Waals surface area contributed by atoms with Gasteiger partial charge in [0.25, 0.3) is 5.91 Å². The first-order valence-electron chi connectivity index (χ1n) is 15.6. The van der Waals surface area contributed by atoms with E-state index in [9.17, 15) is 34.8 Å². The Bertz CT molecular complexity index is 1240. The summed E-state index contributed by atoms with van der Waals surface area (Å²) < 4.78 is 16.5. The SMILES string of the molecule is CC(C)(C)OC(=O)N(CCCCCCNC(=O)c1ccccc1)CCC(=O)Nc1ccc(O[C@H]2O[C@H](CO)[C@@H](O)[C@H](O)[C@H]2O)cc1. The number of carbonyl (C=O) groups is 3. The van der Waals surface area contributed by atoms with Gasteiger partial charge in [0.2, 0.25) is 12.2 Å². The second-order valence-electron chi connectivity index (χ2n) is 12.1. The van der Waals surface area contributed by atoms with Crippen molar-refractivity contribution in [3.05, 3.63) is 60.2 Å². The van der Waals surface area contributed by atoms with Crippen molar-refractivity contribution in [2.45, 2.75) is 89.2 Å². The second-order valence-corrected chi connectivity index (χ2v) is 12.1. The highest BCUT2D eigenvalue weighted by molar-refractivity contribution is 5.94. The maximum Gasteiger partial charge on any atom is 0.410 e. The molecule has 2 aromatic rings. The number of nitrogens with one attached hydrogen (secondary N) is 2. The van der Waals surface area contributed by atoms with E-state index in [4.69, 9.17) is 14.2 Å². The Morgan fingerprint density at radius 3 is 2.20 bits per heavy atom. The smallest absolute Gasteiger partial charge is 0.410 e. The number of anilines is 1. The molecular weight excluding hydrogens is 598 g/mol. The standard InChI is InChI=1S/C33H47N3O10/c1-33(2,3)46-32(43)36(19-10-5-4-9-18-34-30(42)22-11-7-6-8-12-22)20-17-26(38)35-23-13-15-24(16-14-23)44-31-29(41)28(40)27(39)25(21-37)45-31/h6-8,11-16,25,27-29,31,37,39-41H,4-5,9-10,17-21H2,1-3H3,(H,34,42)(H,35,38)/t25-,27-,28+,29-,31+/m1/s1. The fourth-order valence-corrected chi connectivity index (χ4v) is 4.67. The van der Waals surface area contributed by atoms with E-state index in [1.165, 1.54) is 17.0 Å². The van der Waals surface area contributed by atoms with Crippen molar-refractivity contribution < 1.29 is 49.0 Å². The monoisotopic (exact) mass is 645 g/mol. The first-order valence-corrected chi connectivity index (χ1v) is 15.6. The number of hydrogen-bond acceptors (Lipinski definition) is 10. The van der Waals surface area contributed by atoms with Gasteiger partial charge in [0.15, 0.2) is 0 Å². The molecule has 13 heteroatoms. The zero-order valence-electron chi connectivity index (χ0n) is 26.6. The molecule has 46 heavy (non-hydrogen) atoms. The zero-order chi connectivity index (χ0) is 33.7. The molecule has 0 aromatic heterocycles. The highest BCUT2D eigenvalue weighted by Gasteiger charge is 2.44. The molecule has 1 saturated heterocycles. The summed E-state index contributed by atoms with van der Waals surface area (Å²) in [6, 6.07) is 15.2. The van der Waals surface area contributed by atoms with Crippen LogP contribution in [0.3, 0.4) is 0 Å². The topological polar surface area (TPSA) is 187 Å². The van der Waals surface area contributed by atoms with Crippen molar-refractivity contribution in [2.75, 3.05) is 31.6 Å². The third kappa shape index (κ3) is 11.9. The number of ether oxygens (including phenoxy) is 3. The number of amides is 3. The summed E-state index contributed by atoms with van der Waals surface area (Å²) in [5, 5.41) is 45.1. The van der Waals surface area contributed by atoms with Crippen LogP contribution < -0.4 is 15.4 Å². The van der Waals surface area contributed by atoms with Gasteiger partial charge >= 0.3 is 6.09 Å². The van der Waals surface area contributed by atoms with Crippen molar-refractivity contribution in [2.24, 2.45) is 0 Å². The molecule has 0 bridgehead atoms. The minimum Gasteiger partial charge on any atom is -0.462 e. The van der Waals surface area contributed by atoms with E-state index in [1.54, 1.807) is 45.0 Å². The number of rotatable bonds is 15. The van der Waals surface area contributed by atoms with Crippen molar-refractivity contribution >= 4 is 23.6 Å². The van der Waals surface area contributed by atoms with E-state index in [1.807, 2.05) is 18.2 Å². The van der Waals surface area contributed by atoms with Gasteiger partial charge in [0.1, 0.15) is 35.8 Å². The molecule has 6 N–H and O–H groups in total. The van der Waals surface area contributed by atoms with Gasteiger partial charge in [0, 0.05) is 37.3 Å².